The summed E-state index contributed by atoms with van der Waals surface area (Å²) in [6.45, 7) is 6.78. The molecule has 0 N–H and O–H groups in total. The second-order valence-electron chi connectivity index (χ2n) is 4.13. The van der Waals surface area contributed by atoms with Crippen molar-refractivity contribution >= 4 is 0 Å². The van der Waals surface area contributed by atoms with Gasteiger partial charge in [0, 0.05) is 6.42 Å². The molecular formula is C11H21N. The minimum absolute atomic E-state index is 0.725. The summed E-state index contributed by atoms with van der Waals surface area (Å²) in [7, 11) is 0. The lowest BCUT2D eigenvalue weighted by Gasteiger charge is -2.09. The molecule has 0 amide bonds. The Morgan fingerprint density at radius 2 is 1.75 bits per heavy atom. The lowest BCUT2D eigenvalue weighted by atomic mass is 9.96. The molecule has 1 heteroatoms. The Kier molecular flexibility index (Phi) is 6.85. The highest BCUT2D eigenvalue weighted by atomic mass is 14.2. The zero-order valence-corrected chi connectivity index (χ0v) is 8.64. The molecule has 0 aromatic heterocycles. The number of hydrogen-bond donors (Lipinski definition) is 0. The van der Waals surface area contributed by atoms with E-state index in [9.17, 15) is 0 Å². The van der Waals surface area contributed by atoms with Gasteiger partial charge in [0.15, 0.2) is 0 Å². The molecule has 0 rings (SSSR count). The SMILES string of the molecule is CC(C)CCC[C@H](C)CCC#N. The van der Waals surface area contributed by atoms with Crippen molar-refractivity contribution < 1.29 is 0 Å². The average molecular weight is 167 g/mol. The molecule has 1 nitrogen and oxygen atoms in total. The van der Waals surface area contributed by atoms with E-state index in [0.29, 0.717) is 0 Å². The Morgan fingerprint density at radius 1 is 1.08 bits per heavy atom. The van der Waals surface area contributed by atoms with Gasteiger partial charge in [0.25, 0.3) is 0 Å². The first kappa shape index (κ1) is 11.5. The lowest BCUT2D eigenvalue weighted by molar-refractivity contribution is 0.440. The molecule has 0 aromatic carbocycles. The zero-order chi connectivity index (χ0) is 9.40. The van der Waals surface area contributed by atoms with Crippen LogP contribution in [0.25, 0.3) is 0 Å². The Bertz CT molecular complexity index is 132. The highest BCUT2D eigenvalue weighted by molar-refractivity contribution is 4.70. The van der Waals surface area contributed by atoms with Crippen LogP contribution in [0.2, 0.25) is 0 Å². The van der Waals surface area contributed by atoms with Crippen LogP contribution in [0, 0.1) is 23.2 Å². The van der Waals surface area contributed by atoms with Gasteiger partial charge in [-0.2, -0.15) is 5.26 Å². The van der Waals surface area contributed by atoms with Gasteiger partial charge in [-0.1, -0.05) is 40.0 Å². The fourth-order valence-electron chi connectivity index (χ4n) is 1.33. The van der Waals surface area contributed by atoms with E-state index in [1.54, 1.807) is 0 Å². The van der Waals surface area contributed by atoms with E-state index in [2.05, 4.69) is 26.8 Å². The summed E-state index contributed by atoms with van der Waals surface area (Å²) < 4.78 is 0. The third kappa shape index (κ3) is 7.60. The number of rotatable bonds is 6. The molecule has 0 aliphatic heterocycles. The van der Waals surface area contributed by atoms with Gasteiger partial charge in [0.05, 0.1) is 6.07 Å². The van der Waals surface area contributed by atoms with Crippen molar-refractivity contribution in [3.8, 4) is 6.07 Å². The van der Waals surface area contributed by atoms with Crippen LogP contribution in [0.3, 0.4) is 0 Å². The molecule has 1 atom stereocenters. The molecule has 0 aromatic rings. The first-order valence-corrected chi connectivity index (χ1v) is 5.03. The van der Waals surface area contributed by atoms with Gasteiger partial charge in [-0.3, -0.25) is 0 Å². The van der Waals surface area contributed by atoms with E-state index >= 15 is 0 Å². The van der Waals surface area contributed by atoms with Crippen LogP contribution in [0.4, 0.5) is 0 Å². The monoisotopic (exact) mass is 167 g/mol. The molecule has 0 bridgehead atoms. The van der Waals surface area contributed by atoms with Crippen molar-refractivity contribution in [2.75, 3.05) is 0 Å². The van der Waals surface area contributed by atoms with E-state index < -0.39 is 0 Å². The zero-order valence-electron chi connectivity index (χ0n) is 8.64. The van der Waals surface area contributed by atoms with E-state index in [4.69, 9.17) is 5.26 Å². The Labute approximate surface area is 76.8 Å². The maximum absolute atomic E-state index is 8.38. The standard InChI is InChI=1S/C11H21N/c1-10(2)6-4-7-11(3)8-5-9-12/h10-11H,4-8H2,1-3H3/t11-/m0/s1. The number of nitrogens with zero attached hydrogens (tertiary/aromatic N) is 1. The Morgan fingerprint density at radius 3 is 2.25 bits per heavy atom. The summed E-state index contributed by atoms with van der Waals surface area (Å²) in [5.74, 6) is 1.57. The van der Waals surface area contributed by atoms with E-state index in [1.165, 1.54) is 19.3 Å². The molecule has 0 aliphatic carbocycles. The molecule has 70 valence electrons. The highest BCUT2D eigenvalue weighted by Gasteiger charge is 2.02. The summed E-state index contributed by atoms with van der Waals surface area (Å²) in [6.07, 6.45) is 5.75. The second-order valence-corrected chi connectivity index (χ2v) is 4.13. The summed E-state index contributed by atoms with van der Waals surface area (Å²) in [5.41, 5.74) is 0. The summed E-state index contributed by atoms with van der Waals surface area (Å²) >= 11 is 0. The Balaban J connectivity index is 3.20. The van der Waals surface area contributed by atoms with Crippen molar-refractivity contribution in [2.24, 2.45) is 11.8 Å². The van der Waals surface area contributed by atoms with Crippen LogP contribution in [-0.4, -0.2) is 0 Å². The first-order valence-electron chi connectivity index (χ1n) is 5.03. The quantitative estimate of drug-likeness (QED) is 0.591. The van der Waals surface area contributed by atoms with Crippen molar-refractivity contribution in [1.82, 2.24) is 0 Å². The fourth-order valence-corrected chi connectivity index (χ4v) is 1.33. The molecule has 0 aliphatic rings. The van der Waals surface area contributed by atoms with Gasteiger partial charge in [0.1, 0.15) is 0 Å². The van der Waals surface area contributed by atoms with Crippen molar-refractivity contribution in [1.29, 1.82) is 5.26 Å². The molecule has 0 radical (unpaired) electrons. The molecule has 0 saturated carbocycles. The average Bonchev–Trinajstić information content (AvgIpc) is 2.00. The largest absolute Gasteiger partial charge is 0.198 e. The highest BCUT2D eigenvalue weighted by Crippen LogP contribution is 2.15. The van der Waals surface area contributed by atoms with Gasteiger partial charge in [-0.25, -0.2) is 0 Å². The van der Waals surface area contributed by atoms with E-state index in [0.717, 1.165) is 24.7 Å². The van der Waals surface area contributed by atoms with Crippen LogP contribution in [0.15, 0.2) is 0 Å². The lowest BCUT2D eigenvalue weighted by Crippen LogP contribution is -1.96. The topological polar surface area (TPSA) is 23.8 Å². The predicted molar refractivity (Wildman–Crippen MR) is 52.7 cm³/mol. The third-order valence-electron chi connectivity index (χ3n) is 2.23. The molecule has 0 fully saturated rings. The molecule has 0 saturated heterocycles. The molecule has 0 heterocycles. The third-order valence-corrected chi connectivity index (χ3v) is 2.23. The van der Waals surface area contributed by atoms with Gasteiger partial charge in [0.2, 0.25) is 0 Å². The van der Waals surface area contributed by atoms with Gasteiger partial charge in [-0.15, -0.1) is 0 Å². The summed E-state index contributed by atoms with van der Waals surface area (Å²) in [6, 6.07) is 2.20. The fraction of sp³-hybridized carbons (Fsp3) is 0.909. The number of hydrogen-bond acceptors (Lipinski definition) is 1. The minimum atomic E-state index is 0.725. The van der Waals surface area contributed by atoms with Crippen LogP contribution >= 0.6 is 0 Å². The maximum Gasteiger partial charge on any atom is 0.0621 e. The smallest absolute Gasteiger partial charge is 0.0621 e. The van der Waals surface area contributed by atoms with Crippen molar-refractivity contribution in [3.63, 3.8) is 0 Å². The van der Waals surface area contributed by atoms with E-state index in [-0.39, 0.29) is 0 Å². The maximum atomic E-state index is 8.38. The molecule has 0 unspecified atom stereocenters. The predicted octanol–water partition coefficient (Wildman–Crippen LogP) is 3.75. The van der Waals surface area contributed by atoms with Crippen LogP contribution in [-0.2, 0) is 0 Å². The summed E-state index contributed by atoms with van der Waals surface area (Å²) in [5, 5.41) is 8.38. The van der Waals surface area contributed by atoms with Gasteiger partial charge in [-0.05, 0) is 18.3 Å². The van der Waals surface area contributed by atoms with Crippen LogP contribution in [0.5, 0.6) is 0 Å². The molecular weight excluding hydrogens is 146 g/mol. The van der Waals surface area contributed by atoms with Crippen LogP contribution < -0.4 is 0 Å². The number of nitriles is 1. The van der Waals surface area contributed by atoms with Gasteiger partial charge >= 0.3 is 0 Å². The molecule has 0 spiro atoms. The second kappa shape index (κ2) is 7.16. The van der Waals surface area contributed by atoms with E-state index in [1.807, 2.05) is 0 Å². The first-order chi connectivity index (χ1) is 5.66. The van der Waals surface area contributed by atoms with Crippen molar-refractivity contribution in [3.05, 3.63) is 0 Å². The minimum Gasteiger partial charge on any atom is -0.198 e. The molecule has 12 heavy (non-hydrogen) atoms. The normalized spacial score (nSPS) is 12.9. The van der Waals surface area contributed by atoms with Crippen LogP contribution in [0.1, 0.15) is 52.9 Å². The van der Waals surface area contributed by atoms with Crippen molar-refractivity contribution in [2.45, 2.75) is 52.9 Å². The van der Waals surface area contributed by atoms with Gasteiger partial charge < -0.3 is 0 Å². The summed E-state index contributed by atoms with van der Waals surface area (Å²) in [4.78, 5) is 0. The Hall–Kier alpha value is -0.510.